The number of aromatic nitrogens is 1. The van der Waals surface area contributed by atoms with Gasteiger partial charge in [0.25, 0.3) is 0 Å². The van der Waals surface area contributed by atoms with Crippen molar-refractivity contribution in [1.29, 1.82) is 0 Å². The Balaban J connectivity index is 0.00000242. The molecule has 2 N–H and O–H groups in total. The van der Waals surface area contributed by atoms with E-state index in [1.165, 1.54) is 14.2 Å². The Labute approximate surface area is 310 Å². The van der Waals surface area contributed by atoms with E-state index < -0.39 is 0 Å². The first kappa shape index (κ1) is 39.7. The molecule has 5 rings (SSSR count). The fourth-order valence-electron chi connectivity index (χ4n) is 5.12. The first-order chi connectivity index (χ1) is 19.2. The minimum absolute atomic E-state index is 0. The molecule has 1 aromatic rings. The van der Waals surface area contributed by atoms with Gasteiger partial charge in [-0.2, -0.15) is 0 Å². The summed E-state index contributed by atoms with van der Waals surface area (Å²) in [6.07, 6.45) is 9.41. The van der Waals surface area contributed by atoms with Crippen LogP contribution in [-0.4, -0.2) is 37.6 Å². The standard InChI is InChI=1S/C32H31N4O4.2ClH.2Hg/c1-17-11-22-14-27-19(3)23(7-9-31(37)39-5)29(35-27)16-30-24(8-10-32(38)40-6)20(4)28(36-30)15-26-18(2)12-21(34-26)13-25(17)33-22;;;;/h13-16,33H,7-10H2,1-6H3;2*1H;;/q-1;;;2*+1/p-1/b25-13-,27-14-;;;;. The number of hydrogen-bond donors (Lipinski definition) is 2. The van der Waals surface area contributed by atoms with E-state index in [9.17, 15) is 9.59 Å². The summed E-state index contributed by atoms with van der Waals surface area (Å²) in [5, 5.41) is 8.43. The molecular formula is C32H32Cl2Hg2N4O4. The number of halogens is 2. The molecule has 44 heavy (non-hydrogen) atoms. The summed E-state index contributed by atoms with van der Waals surface area (Å²) < 4.78 is 14.8. The van der Waals surface area contributed by atoms with Crippen molar-refractivity contribution >= 4 is 35.5 Å². The molecule has 12 heteroatoms. The second-order valence-electron chi connectivity index (χ2n) is 10.1. The average molecular weight is 1010 g/mol. The summed E-state index contributed by atoms with van der Waals surface area (Å²) in [5.74, 6) is -0.556. The van der Waals surface area contributed by atoms with Crippen molar-refractivity contribution in [2.24, 2.45) is 0 Å². The van der Waals surface area contributed by atoms with Gasteiger partial charge in [0.1, 0.15) is 0 Å². The molecule has 0 fully saturated rings. The van der Waals surface area contributed by atoms with Gasteiger partial charge in [0.05, 0.1) is 54.2 Å². The van der Waals surface area contributed by atoms with Crippen LogP contribution in [0.4, 0.5) is 0 Å². The number of fused-ring (bicyclic) bond motifs is 6. The van der Waals surface area contributed by atoms with Gasteiger partial charge in [0.2, 0.25) is 0 Å². The molecule has 0 saturated carbocycles. The van der Waals surface area contributed by atoms with Crippen molar-refractivity contribution in [1.82, 2.24) is 20.3 Å². The minimum Gasteiger partial charge on any atom is -1.00 e. The molecule has 0 saturated heterocycles. The summed E-state index contributed by atoms with van der Waals surface area (Å²) in [6.45, 7) is 8.05. The van der Waals surface area contributed by atoms with Gasteiger partial charge in [-0.15, -0.1) is 10.7 Å². The van der Waals surface area contributed by atoms with Crippen LogP contribution in [0.3, 0.4) is 0 Å². The minimum atomic E-state index is -0.279. The van der Waals surface area contributed by atoms with Crippen LogP contribution in [0.5, 0.6) is 0 Å². The Morgan fingerprint density at radius 1 is 0.773 bits per heavy atom. The van der Waals surface area contributed by atoms with Crippen LogP contribution < -0.4 is 55.8 Å². The van der Waals surface area contributed by atoms with E-state index in [2.05, 4.69) is 22.1 Å². The van der Waals surface area contributed by atoms with E-state index in [1.54, 1.807) is 0 Å². The van der Waals surface area contributed by atoms with Gasteiger partial charge in [-0.3, -0.25) is 9.59 Å². The van der Waals surface area contributed by atoms with Crippen molar-refractivity contribution in [3.8, 4) is 0 Å². The number of hydrogen-bond acceptors (Lipinski definition) is 6. The predicted molar refractivity (Wildman–Crippen MR) is 154 cm³/mol. The number of carbonyl (C=O) groups is 2. The van der Waals surface area contributed by atoms with Crippen LogP contribution >= 0.6 is 0 Å². The number of methoxy groups -OCH3 is 2. The van der Waals surface area contributed by atoms with Crippen molar-refractivity contribution in [3.05, 3.63) is 90.5 Å². The Hall–Kier alpha value is -2.28. The van der Waals surface area contributed by atoms with Crippen molar-refractivity contribution < 1.29 is 99.2 Å². The zero-order valence-corrected chi connectivity index (χ0v) is 38.3. The van der Waals surface area contributed by atoms with E-state index >= 15 is 0 Å². The Bertz CT molecular complexity index is 1810. The third kappa shape index (κ3) is 8.50. The molecule has 5 heterocycles. The molecule has 222 valence electrons. The zero-order valence-electron chi connectivity index (χ0n) is 25.8. The number of allylic oxidation sites excluding steroid dienone is 5. The van der Waals surface area contributed by atoms with Gasteiger partial charge >= 0.3 is 78.7 Å². The fourth-order valence-corrected chi connectivity index (χ4v) is 5.12. The van der Waals surface area contributed by atoms with Crippen LogP contribution in [0.1, 0.15) is 51.2 Å². The molecule has 0 aliphatic carbocycles. The maximum Gasteiger partial charge on any atom is 1.00 e. The number of esters is 2. The number of ether oxygens (including phenoxy) is 2. The Morgan fingerprint density at radius 3 is 1.91 bits per heavy atom. The van der Waals surface area contributed by atoms with Crippen molar-refractivity contribution in [2.75, 3.05) is 14.2 Å². The molecule has 1 aromatic heterocycles. The Morgan fingerprint density at radius 2 is 1.32 bits per heavy atom. The van der Waals surface area contributed by atoms with Gasteiger partial charge < -0.3 is 49.9 Å². The first-order valence-electron chi connectivity index (χ1n) is 13.3. The third-order valence-electron chi connectivity index (χ3n) is 7.50. The summed E-state index contributed by atoms with van der Waals surface area (Å²) in [5.41, 5.74) is 17.7. The number of nitrogens with one attached hydrogen (secondary N) is 2. The molecule has 0 unspecified atom stereocenters. The topological polar surface area (TPSA) is 105 Å². The fraction of sp³-hybridized carbons (Fsp3) is 0.312. The quantitative estimate of drug-likeness (QED) is 0.129. The maximum atomic E-state index is 12.0. The molecule has 8 nitrogen and oxygen atoms in total. The second kappa shape index (κ2) is 16.9. The van der Waals surface area contributed by atoms with Gasteiger partial charge in [-0.25, -0.2) is 0 Å². The first-order valence-corrected chi connectivity index (χ1v) is 13.3. The van der Waals surface area contributed by atoms with Crippen LogP contribution in [0.25, 0.3) is 12.2 Å². The third-order valence-corrected chi connectivity index (χ3v) is 7.50. The molecule has 0 amide bonds. The van der Waals surface area contributed by atoms with Gasteiger partial charge in [0.15, 0.2) is 0 Å². The molecule has 4 aliphatic rings. The van der Waals surface area contributed by atoms with Crippen LogP contribution in [0.15, 0.2) is 68.7 Å². The Kier molecular flexibility index (Phi) is 15.2. The SMILES string of the molecule is COC(=O)CCC1=C(C)C2=[N+]=C1/C=c1\[n-]/c(c(C)c1CCC(=O)OC)=C\C1=C=C(C)/C(=C/C3=C=C(C)/C(=C/2)N3)N1.[Cl-].[Cl-].[Hg+].[Hg+]. The average Bonchev–Trinajstić information content (AvgIpc) is 3.62. The normalized spacial score (nSPS) is 19.4. The molecule has 0 spiro atoms. The van der Waals surface area contributed by atoms with Gasteiger partial charge in [0, 0.05) is 30.1 Å². The molecule has 0 atom stereocenters. The van der Waals surface area contributed by atoms with Crippen LogP contribution in [-0.2, 0) is 80.8 Å². The van der Waals surface area contributed by atoms with E-state index in [0.717, 1.165) is 78.3 Å². The number of rotatable bonds is 6. The summed E-state index contributed by atoms with van der Waals surface area (Å²) >= 11 is 0. The molecule has 8 bridgehead atoms. The second-order valence-corrected chi connectivity index (χ2v) is 10.1. The van der Waals surface area contributed by atoms with E-state index in [-0.39, 0.29) is 105 Å². The van der Waals surface area contributed by atoms with Crippen molar-refractivity contribution in [2.45, 2.75) is 53.4 Å². The number of carbonyl (C=O) groups excluding carboxylic acids is 2. The predicted octanol–water partition coefficient (Wildman–Crippen LogP) is -4.30. The van der Waals surface area contributed by atoms with E-state index in [4.69, 9.17) is 19.1 Å². The summed E-state index contributed by atoms with van der Waals surface area (Å²) in [6, 6.07) is 0. The van der Waals surface area contributed by atoms with Gasteiger partial charge in [-0.05, 0) is 52.7 Å². The molecule has 2 radical (unpaired) electrons. The summed E-state index contributed by atoms with van der Waals surface area (Å²) in [7, 11) is 2.79. The van der Waals surface area contributed by atoms with Crippen molar-refractivity contribution in [3.63, 3.8) is 0 Å². The number of nitrogens with zero attached hydrogens (tertiary/aromatic N) is 2. The van der Waals surface area contributed by atoms with Crippen LogP contribution in [0, 0.1) is 6.92 Å². The monoisotopic (exact) mass is 1010 g/mol. The van der Waals surface area contributed by atoms with Gasteiger partial charge in [-0.1, -0.05) is 27.3 Å². The van der Waals surface area contributed by atoms with Crippen LogP contribution in [0.2, 0.25) is 0 Å². The molecular weight excluding hydrogens is 976 g/mol. The molecule has 4 aliphatic heterocycles. The largest absolute Gasteiger partial charge is 1.00 e. The molecule has 0 aromatic carbocycles. The smallest absolute Gasteiger partial charge is 1.00 e. The van der Waals surface area contributed by atoms with E-state index in [0.29, 0.717) is 12.8 Å². The van der Waals surface area contributed by atoms with E-state index in [1.807, 2.05) is 52.0 Å². The summed E-state index contributed by atoms with van der Waals surface area (Å²) in [4.78, 5) is 29.0. The maximum absolute atomic E-state index is 12.0. The zero-order chi connectivity index (χ0) is 28.6.